The number of benzene rings is 2. The first-order valence-electron chi connectivity index (χ1n) is 8.36. The van der Waals surface area contributed by atoms with Gasteiger partial charge in [-0.3, -0.25) is 0 Å². The second-order valence-corrected chi connectivity index (χ2v) is 6.03. The van der Waals surface area contributed by atoms with Gasteiger partial charge in [0.15, 0.2) is 0 Å². The first-order chi connectivity index (χ1) is 12.1. The lowest BCUT2D eigenvalue weighted by Gasteiger charge is -2.31. The second-order valence-electron chi connectivity index (χ2n) is 6.03. The van der Waals surface area contributed by atoms with Crippen molar-refractivity contribution in [2.45, 2.75) is 6.54 Å². The van der Waals surface area contributed by atoms with E-state index in [-0.39, 0.29) is 11.8 Å². The molecule has 0 spiro atoms. The molecule has 132 valence electrons. The van der Waals surface area contributed by atoms with Gasteiger partial charge < -0.3 is 25.0 Å². The van der Waals surface area contributed by atoms with E-state index in [0.717, 1.165) is 24.5 Å². The fourth-order valence-corrected chi connectivity index (χ4v) is 2.84. The van der Waals surface area contributed by atoms with Crippen LogP contribution in [0.5, 0.6) is 5.75 Å². The van der Waals surface area contributed by atoms with Crippen molar-refractivity contribution in [3.8, 4) is 5.75 Å². The van der Waals surface area contributed by atoms with E-state index in [1.165, 1.54) is 0 Å². The zero-order chi connectivity index (χ0) is 17.6. The number of phenols is 1. The SMILES string of the molecule is CN(Cc1ccccc1O)C(=O)Nc1ccccc1N1CCOCC1. The molecular weight excluding hydrogens is 318 g/mol. The minimum atomic E-state index is -0.219. The molecule has 1 heterocycles. The van der Waals surface area contributed by atoms with Crippen LogP contribution in [-0.4, -0.2) is 49.4 Å². The number of morpholine rings is 1. The Morgan fingerprint density at radius 1 is 1.16 bits per heavy atom. The van der Waals surface area contributed by atoms with Crippen molar-refractivity contribution in [1.82, 2.24) is 4.90 Å². The van der Waals surface area contributed by atoms with E-state index < -0.39 is 0 Å². The maximum Gasteiger partial charge on any atom is 0.321 e. The Hall–Kier alpha value is -2.73. The average Bonchev–Trinajstić information content (AvgIpc) is 2.64. The van der Waals surface area contributed by atoms with E-state index >= 15 is 0 Å². The standard InChI is InChI=1S/C19H23N3O3/c1-21(14-15-6-2-5-9-18(15)23)19(24)20-16-7-3-4-8-17(16)22-10-12-25-13-11-22/h2-9,23H,10-14H2,1H3,(H,20,24). The van der Waals surface area contributed by atoms with E-state index in [9.17, 15) is 9.90 Å². The molecule has 1 aliphatic heterocycles. The zero-order valence-corrected chi connectivity index (χ0v) is 14.3. The van der Waals surface area contributed by atoms with Gasteiger partial charge in [0.1, 0.15) is 5.75 Å². The van der Waals surface area contributed by atoms with Crippen molar-refractivity contribution in [1.29, 1.82) is 0 Å². The number of carbonyl (C=O) groups excluding carboxylic acids is 1. The van der Waals surface area contributed by atoms with Gasteiger partial charge in [-0.1, -0.05) is 30.3 Å². The fraction of sp³-hybridized carbons (Fsp3) is 0.316. The smallest absolute Gasteiger partial charge is 0.321 e. The first-order valence-corrected chi connectivity index (χ1v) is 8.36. The van der Waals surface area contributed by atoms with Crippen LogP contribution in [0.1, 0.15) is 5.56 Å². The van der Waals surface area contributed by atoms with E-state index in [2.05, 4.69) is 10.2 Å². The number of phenolic OH excluding ortho intramolecular Hbond substituents is 1. The van der Waals surface area contributed by atoms with E-state index in [1.807, 2.05) is 30.3 Å². The van der Waals surface area contributed by atoms with Crippen LogP contribution in [0.4, 0.5) is 16.2 Å². The Morgan fingerprint density at radius 2 is 1.84 bits per heavy atom. The number of nitrogens with one attached hydrogen (secondary N) is 1. The van der Waals surface area contributed by atoms with Gasteiger partial charge in [0.05, 0.1) is 31.1 Å². The summed E-state index contributed by atoms with van der Waals surface area (Å²) >= 11 is 0. The lowest BCUT2D eigenvalue weighted by molar-refractivity contribution is 0.123. The van der Waals surface area contributed by atoms with Crippen molar-refractivity contribution in [3.63, 3.8) is 0 Å². The van der Waals surface area contributed by atoms with Gasteiger partial charge in [-0.05, 0) is 18.2 Å². The Labute approximate surface area is 147 Å². The number of hydrogen-bond acceptors (Lipinski definition) is 4. The largest absolute Gasteiger partial charge is 0.508 e. The van der Waals surface area contributed by atoms with E-state index in [0.29, 0.717) is 25.3 Å². The first kappa shape index (κ1) is 17.1. The maximum absolute atomic E-state index is 12.6. The fourth-order valence-electron chi connectivity index (χ4n) is 2.84. The monoisotopic (exact) mass is 341 g/mol. The lowest BCUT2D eigenvalue weighted by Crippen LogP contribution is -2.37. The number of carbonyl (C=O) groups is 1. The number of urea groups is 1. The molecule has 0 aliphatic carbocycles. The molecule has 1 saturated heterocycles. The van der Waals surface area contributed by atoms with Crippen LogP contribution in [0.15, 0.2) is 48.5 Å². The summed E-state index contributed by atoms with van der Waals surface area (Å²) < 4.78 is 5.40. The highest BCUT2D eigenvalue weighted by molar-refractivity contribution is 5.93. The summed E-state index contributed by atoms with van der Waals surface area (Å²) in [7, 11) is 1.71. The van der Waals surface area contributed by atoms with Gasteiger partial charge in [0, 0.05) is 25.7 Å². The minimum Gasteiger partial charge on any atom is -0.508 e. The van der Waals surface area contributed by atoms with Gasteiger partial charge in [-0.15, -0.1) is 0 Å². The van der Waals surface area contributed by atoms with Crippen molar-refractivity contribution in [3.05, 3.63) is 54.1 Å². The highest BCUT2D eigenvalue weighted by Crippen LogP contribution is 2.27. The Morgan fingerprint density at radius 3 is 2.60 bits per heavy atom. The Kier molecular flexibility index (Phi) is 5.40. The molecule has 2 N–H and O–H groups in total. The second kappa shape index (κ2) is 7.90. The van der Waals surface area contributed by atoms with Crippen LogP contribution in [0.2, 0.25) is 0 Å². The third-order valence-electron chi connectivity index (χ3n) is 4.24. The minimum absolute atomic E-state index is 0.191. The number of anilines is 2. The summed E-state index contributed by atoms with van der Waals surface area (Å²) in [5.74, 6) is 0.191. The number of ether oxygens (including phenoxy) is 1. The summed E-state index contributed by atoms with van der Waals surface area (Å²) in [4.78, 5) is 16.3. The maximum atomic E-state index is 12.6. The van der Waals surface area contributed by atoms with Gasteiger partial charge in [-0.2, -0.15) is 0 Å². The third kappa shape index (κ3) is 4.22. The predicted molar refractivity (Wildman–Crippen MR) is 98.1 cm³/mol. The van der Waals surface area contributed by atoms with Gasteiger partial charge >= 0.3 is 6.03 Å². The summed E-state index contributed by atoms with van der Waals surface area (Å²) in [6.07, 6.45) is 0. The molecule has 0 saturated carbocycles. The van der Waals surface area contributed by atoms with Crippen molar-refractivity contribution in [2.24, 2.45) is 0 Å². The Balaban J connectivity index is 1.69. The van der Waals surface area contributed by atoms with Crippen LogP contribution in [0.3, 0.4) is 0 Å². The van der Waals surface area contributed by atoms with Crippen LogP contribution in [-0.2, 0) is 11.3 Å². The molecule has 3 rings (SSSR count). The molecule has 0 atom stereocenters. The Bertz CT molecular complexity index is 729. The summed E-state index contributed by atoms with van der Waals surface area (Å²) in [6, 6.07) is 14.6. The third-order valence-corrected chi connectivity index (χ3v) is 4.24. The van der Waals surface area contributed by atoms with Crippen molar-refractivity contribution < 1.29 is 14.6 Å². The number of rotatable bonds is 4. The molecule has 2 aromatic carbocycles. The summed E-state index contributed by atoms with van der Waals surface area (Å²) in [5.41, 5.74) is 2.48. The molecule has 0 bridgehead atoms. The number of para-hydroxylation sites is 3. The molecule has 1 fully saturated rings. The quantitative estimate of drug-likeness (QED) is 0.897. The van der Waals surface area contributed by atoms with Gasteiger partial charge in [-0.25, -0.2) is 4.79 Å². The highest BCUT2D eigenvalue weighted by Gasteiger charge is 2.17. The molecule has 6 nitrogen and oxygen atoms in total. The van der Waals surface area contributed by atoms with Gasteiger partial charge in [0.2, 0.25) is 0 Å². The van der Waals surface area contributed by atoms with E-state index in [4.69, 9.17) is 4.74 Å². The molecule has 0 unspecified atom stereocenters. The molecule has 6 heteroatoms. The lowest BCUT2D eigenvalue weighted by atomic mass is 10.2. The molecule has 2 aromatic rings. The number of amides is 2. The van der Waals surface area contributed by atoms with Gasteiger partial charge in [0.25, 0.3) is 0 Å². The van der Waals surface area contributed by atoms with Crippen LogP contribution in [0.25, 0.3) is 0 Å². The molecule has 0 aromatic heterocycles. The van der Waals surface area contributed by atoms with E-state index in [1.54, 1.807) is 30.1 Å². The molecule has 0 radical (unpaired) electrons. The van der Waals surface area contributed by atoms with Crippen LogP contribution in [0, 0.1) is 0 Å². The molecule has 1 aliphatic rings. The van der Waals surface area contributed by atoms with Crippen molar-refractivity contribution in [2.75, 3.05) is 43.6 Å². The summed E-state index contributed by atoms with van der Waals surface area (Å²) in [5, 5.41) is 12.8. The van der Waals surface area contributed by atoms with Crippen molar-refractivity contribution >= 4 is 17.4 Å². The predicted octanol–water partition coefficient (Wildman–Crippen LogP) is 2.89. The molecular formula is C19H23N3O3. The number of aromatic hydroxyl groups is 1. The molecule has 25 heavy (non-hydrogen) atoms. The summed E-state index contributed by atoms with van der Waals surface area (Å²) in [6.45, 7) is 3.32. The molecule has 2 amide bonds. The highest BCUT2D eigenvalue weighted by atomic mass is 16.5. The average molecular weight is 341 g/mol. The van der Waals surface area contributed by atoms with Crippen LogP contribution < -0.4 is 10.2 Å². The normalized spacial score (nSPS) is 14.2. The number of nitrogens with zero attached hydrogens (tertiary/aromatic N) is 2. The zero-order valence-electron chi connectivity index (χ0n) is 14.3. The topological polar surface area (TPSA) is 65.0 Å². The van der Waals surface area contributed by atoms with Crippen LogP contribution >= 0.6 is 0 Å². The number of hydrogen-bond donors (Lipinski definition) is 2.